The fourth-order valence-electron chi connectivity index (χ4n) is 1.68. The van der Waals surface area contributed by atoms with E-state index in [1.807, 2.05) is 34.6 Å². The van der Waals surface area contributed by atoms with Crippen LogP contribution in [0.2, 0.25) is 0 Å². The summed E-state index contributed by atoms with van der Waals surface area (Å²) in [6, 6.07) is -0.959. The van der Waals surface area contributed by atoms with Gasteiger partial charge in [0.25, 0.3) is 0 Å². The van der Waals surface area contributed by atoms with Crippen molar-refractivity contribution in [1.29, 1.82) is 0 Å². The highest BCUT2D eigenvalue weighted by atomic mass is 16.2. The molecule has 0 spiro atoms. The Labute approximate surface area is 111 Å². The minimum Gasteiger partial charge on any atom is -0.345 e. The molecule has 0 aromatic rings. The van der Waals surface area contributed by atoms with Crippen LogP contribution in [0.15, 0.2) is 0 Å². The molecule has 0 saturated carbocycles. The summed E-state index contributed by atoms with van der Waals surface area (Å²) in [5, 5.41) is 2.79. The first-order valence-corrected chi connectivity index (χ1v) is 6.89. The standard InChI is InChI=1S/C14H28N2O2/c1-6-7-8-11(17)13(10(4)5)16-14(18)12(15)9(2)3/h9-10,12-13H,6-8,15H2,1-5H3,(H,16,18). The maximum absolute atomic E-state index is 12.0. The van der Waals surface area contributed by atoms with Crippen LogP contribution in [-0.2, 0) is 9.59 Å². The minimum atomic E-state index is -0.551. The molecule has 1 amide bonds. The molecule has 106 valence electrons. The zero-order valence-corrected chi connectivity index (χ0v) is 12.3. The Morgan fingerprint density at radius 3 is 2.06 bits per heavy atom. The first-order valence-electron chi connectivity index (χ1n) is 6.89. The highest BCUT2D eigenvalue weighted by Crippen LogP contribution is 2.09. The van der Waals surface area contributed by atoms with E-state index < -0.39 is 12.1 Å². The van der Waals surface area contributed by atoms with Crippen LogP contribution >= 0.6 is 0 Å². The molecule has 0 radical (unpaired) electrons. The van der Waals surface area contributed by atoms with Crippen molar-refractivity contribution >= 4 is 11.7 Å². The van der Waals surface area contributed by atoms with Crippen LogP contribution in [0.3, 0.4) is 0 Å². The van der Waals surface area contributed by atoms with E-state index >= 15 is 0 Å². The SMILES string of the molecule is CCCCC(=O)C(NC(=O)C(N)C(C)C)C(C)C. The molecule has 4 nitrogen and oxygen atoms in total. The molecule has 2 unspecified atom stereocenters. The topological polar surface area (TPSA) is 72.2 Å². The molecule has 0 heterocycles. The van der Waals surface area contributed by atoms with E-state index in [-0.39, 0.29) is 23.5 Å². The van der Waals surface area contributed by atoms with Gasteiger partial charge in [-0.05, 0) is 18.3 Å². The number of Topliss-reactive ketones (excluding diaryl/α,β-unsaturated/α-hetero) is 1. The highest BCUT2D eigenvalue weighted by Gasteiger charge is 2.26. The summed E-state index contributed by atoms with van der Waals surface area (Å²) >= 11 is 0. The van der Waals surface area contributed by atoms with Gasteiger partial charge in [-0.15, -0.1) is 0 Å². The predicted molar refractivity (Wildman–Crippen MR) is 74.1 cm³/mol. The van der Waals surface area contributed by atoms with E-state index in [9.17, 15) is 9.59 Å². The van der Waals surface area contributed by atoms with Crippen molar-refractivity contribution in [2.24, 2.45) is 17.6 Å². The number of unbranched alkanes of at least 4 members (excludes halogenated alkanes) is 1. The van der Waals surface area contributed by atoms with E-state index in [1.165, 1.54) is 0 Å². The van der Waals surface area contributed by atoms with Crippen molar-refractivity contribution in [2.75, 3.05) is 0 Å². The van der Waals surface area contributed by atoms with Gasteiger partial charge in [-0.1, -0.05) is 41.0 Å². The summed E-state index contributed by atoms with van der Waals surface area (Å²) in [6.45, 7) is 9.72. The molecule has 0 rings (SSSR count). The van der Waals surface area contributed by atoms with Crippen LogP contribution in [0.25, 0.3) is 0 Å². The number of rotatable bonds is 8. The van der Waals surface area contributed by atoms with Crippen molar-refractivity contribution in [3.63, 3.8) is 0 Å². The van der Waals surface area contributed by atoms with Crippen molar-refractivity contribution in [1.82, 2.24) is 5.32 Å². The van der Waals surface area contributed by atoms with Crippen molar-refractivity contribution in [2.45, 2.75) is 66.0 Å². The Bertz CT molecular complexity index is 275. The largest absolute Gasteiger partial charge is 0.345 e. The smallest absolute Gasteiger partial charge is 0.237 e. The minimum absolute atomic E-state index is 0.0727. The highest BCUT2D eigenvalue weighted by molar-refractivity contribution is 5.91. The molecule has 18 heavy (non-hydrogen) atoms. The van der Waals surface area contributed by atoms with E-state index in [2.05, 4.69) is 5.32 Å². The fourth-order valence-corrected chi connectivity index (χ4v) is 1.68. The van der Waals surface area contributed by atoms with E-state index in [0.29, 0.717) is 6.42 Å². The second-order valence-electron chi connectivity index (χ2n) is 5.57. The summed E-state index contributed by atoms with van der Waals surface area (Å²) in [6.07, 6.45) is 2.38. The van der Waals surface area contributed by atoms with Crippen LogP contribution in [0.4, 0.5) is 0 Å². The number of amides is 1. The van der Waals surface area contributed by atoms with Crippen molar-refractivity contribution < 1.29 is 9.59 Å². The maximum atomic E-state index is 12.0. The summed E-state index contributed by atoms with van der Waals surface area (Å²) in [7, 11) is 0. The Morgan fingerprint density at radius 1 is 1.11 bits per heavy atom. The lowest BCUT2D eigenvalue weighted by Gasteiger charge is -2.24. The zero-order chi connectivity index (χ0) is 14.3. The molecule has 0 fully saturated rings. The van der Waals surface area contributed by atoms with Gasteiger partial charge < -0.3 is 11.1 Å². The molecule has 0 aliphatic carbocycles. The molecule has 0 saturated heterocycles. The van der Waals surface area contributed by atoms with Crippen molar-refractivity contribution in [3.05, 3.63) is 0 Å². The third kappa shape index (κ3) is 5.63. The first kappa shape index (κ1) is 17.1. The molecule has 0 aromatic carbocycles. The molecule has 4 heteroatoms. The van der Waals surface area contributed by atoms with Gasteiger partial charge in [-0.3, -0.25) is 9.59 Å². The normalized spacial score (nSPS) is 14.7. The fraction of sp³-hybridized carbons (Fsp3) is 0.857. The number of carbonyl (C=O) groups excluding carboxylic acids is 2. The predicted octanol–water partition coefficient (Wildman–Crippen LogP) is 1.87. The van der Waals surface area contributed by atoms with Gasteiger partial charge in [-0.2, -0.15) is 0 Å². The molecule has 3 N–H and O–H groups in total. The summed E-state index contributed by atoms with van der Waals surface area (Å²) in [5.74, 6) is 0.0472. The molecule has 0 bridgehead atoms. The number of hydrogen-bond donors (Lipinski definition) is 2. The van der Waals surface area contributed by atoms with Crippen molar-refractivity contribution in [3.8, 4) is 0 Å². The molecule has 0 aliphatic heterocycles. The van der Waals surface area contributed by atoms with Crippen LogP contribution in [0.1, 0.15) is 53.9 Å². The number of hydrogen-bond acceptors (Lipinski definition) is 3. The van der Waals surface area contributed by atoms with E-state index in [4.69, 9.17) is 5.73 Å². The Morgan fingerprint density at radius 2 is 1.67 bits per heavy atom. The number of nitrogens with two attached hydrogens (primary N) is 1. The second kappa shape index (κ2) is 8.25. The number of nitrogens with one attached hydrogen (secondary N) is 1. The van der Waals surface area contributed by atoms with E-state index in [1.54, 1.807) is 0 Å². The third-order valence-corrected chi connectivity index (χ3v) is 3.11. The number of ketones is 1. The van der Waals surface area contributed by atoms with Gasteiger partial charge >= 0.3 is 0 Å². The lowest BCUT2D eigenvalue weighted by atomic mass is 9.95. The number of carbonyl (C=O) groups is 2. The molecular formula is C14H28N2O2. The van der Waals surface area contributed by atoms with Gasteiger partial charge in [0.1, 0.15) is 0 Å². The summed E-state index contributed by atoms with van der Waals surface area (Å²) < 4.78 is 0. The van der Waals surface area contributed by atoms with Gasteiger partial charge in [0.05, 0.1) is 12.1 Å². The first-order chi connectivity index (χ1) is 8.31. The quantitative estimate of drug-likeness (QED) is 0.696. The second-order valence-corrected chi connectivity index (χ2v) is 5.57. The average molecular weight is 256 g/mol. The lowest BCUT2D eigenvalue weighted by molar-refractivity contribution is -0.130. The monoisotopic (exact) mass is 256 g/mol. The Kier molecular flexibility index (Phi) is 7.83. The average Bonchev–Trinajstić information content (AvgIpc) is 2.30. The molecular weight excluding hydrogens is 228 g/mol. The molecule has 0 aromatic heterocycles. The van der Waals surface area contributed by atoms with Gasteiger partial charge in [0, 0.05) is 6.42 Å². The van der Waals surface area contributed by atoms with Crippen LogP contribution in [-0.4, -0.2) is 23.8 Å². The third-order valence-electron chi connectivity index (χ3n) is 3.11. The maximum Gasteiger partial charge on any atom is 0.237 e. The Hall–Kier alpha value is -0.900. The van der Waals surface area contributed by atoms with Crippen LogP contribution < -0.4 is 11.1 Å². The summed E-state index contributed by atoms with van der Waals surface area (Å²) in [4.78, 5) is 23.9. The lowest BCUT2D eigenvalue weighted by Crippen LogP contribution is -2.52. The molecule has 2 atom stereocenters. The van der Waals surface area contributed by atoms with Crippen LogP contribution in [0.5, 0.6) is 0 Å². The van der Waals surface area contributed by atoms with Gasteiger partial charge in [-0.25, -0.2) is 0 Å². The van der Waals surface area contributed by atoms with E-state index in [0.717, 1.165) is 12.8 Å². The van der Waals surface area contributed by atoms with Gasteiger partial charge in [0.15, 0.2) is 5.78 Å². The molecule has 0 aliphatic rings. The Balaban J connectivity index is 4.53. The summed E-state index contributed by atoms with van der Waals surface area (Å²) in [5.41, 5.74) is 5.79. The van der Waals surface area contributed by atoms with Crippen LogP contribution in [0, 0.1) is 11.8 Å². The van der Waals surface area contributed by atoms with Gasteiger partial charge in [0.2, 0.25) is 5.91 Å². The zero-order valence-electron chi connectivity index (χ0n) is 12.3.